The van der Waals surface area contributed by atoms with Crippen molar-refractivity contribution >= 4 is 17.6 Å². The van der Waals surface area contributed by atoms with Crippen molar-refractivity contribution in [2.24, 2.45) is 5.92 Å². The molecule has 100 valence electrons. The molecule has 3 nitrogen and oxygen atoms in total. The topological polar surface area (TPSA) is 57.5 Å². The fourth-order valence-corrected chi connectivity index (χ4v) is 2.15. The Morgan fingerprint density at radius 1 is 1.28 bits per heavy atom. The number of carboxylic acids is 1. The van der Waals surface area contributed by atoms with Crippen LogP contribution >= 0.6 is 11.6 Å². The van der Waals surface area contributed by atoms with Gasteiger partial charge in [-0.05, 0) is 37.0 Å². The van der Waals surface area contributed by atoms with E-state index in [0.29, 0.717) is 17.9 Å². The lowest BCUT2D eigenvalue weighted by molar-refractivity contribution is -0.142. The zero-order valence-electron chi connectivity index (χ0n) is 10.3. The number of carbonyl (C=O) groups is 1. The zero-order valence-corrected chi connectivity index (χ0v) is 11.1. The largest absolute Gasteiger partial charge is 0.481 e. The quantitative estimate of drug-likeness (QED) is 0.714. The Bertz CT molecular complexity index is 379. The van der Waals surface area contributed by atoms with Crippen LogP contribution in [0.3, 0.4) is 0 Å². The summed E-state index contributed by atoms with van der Waals surface area (Å²) in [6.45, 7) is 0.173. The molecule has 0 aromatic heterocycles. The van der Waals surface area contributed by atoms with E-state index in [4.69, 9.17) is 16.7 Å². The summed E-state index contributed by atoms with van der Waals surface area (Å²) in [5.41, 5.74) is 0.956. The molecular weight excluding hydrogens is 252 g/mol. The molecule has 0 aliphatic rings. The molecule has 1 aromatic carbocycles. The molecular formula is C14H19ClO3. The monoisotopic (exact) mass is 270 g/mol. The van der Waals surface area contributed by atoms with Crippen molar-refractivity contribution in [1.82, 2.24) is 0 Å². The summed E-state index contributed by atoms with van der Waals surface area (Å²) in [5, 5.41) is 18.5. The van der Waals surface area contributed by atoms with Gasteiger partial charge in [0.2, 0.25) is 0 Å². The number of aliphatic carboxylic acids is 1. The highest BCUT2D eigenvalue weighted by Crippen LogP contribution is 2.19. The summed E-state index contributed by atoms with van der Waals surface area (Å²) in [4.78, 5) is 11.2. The van der Waals surface area contributed by atoms with E-state index < -0.39 is 5.97 Å². The summed E-state index contributed by atoms with van der Waals surface area (Å²) < 4.78 is 0. The van der Waals surface area contributed by atoms with Crippen LogP contribution in [0.25, 0.3) is 0 Å². The molecule has 0 fully saturated rings. The maximum Gasteiger partial charge on any atom is 0.306 e. The Hall–Kier alpha value is -1.06. The van der Waals surface area contributed by atoms with Gasteiger partial charge in [0.05, 0.1) is 5.92 Å². The zero-order chi connectivity index (χ0) is 13.4. The van der Waals surface area contributed by atoms with Crippen molar-refractivity contribution in [3.63, 3.8) is 0 Å². The molecule has 0 heterocycles. The van der Waals surface area contributed by atoms with Crippen LogP contribution in [-0.2, 0) is 11.2 Å². The van der Waals surface area contributed by atoms with E-state index in [-0.39, 0.29) is 12.5 Å². The predicted octanol–water partition coefficient (Wildman–Crippen LogP) is 3.14. The molecule has 2 N–H and O–H groups in total. The highest BCUT2D eigenvalue weighted by atomic mass is 35.5. The SMILES string of the molecule is O=C(O)C(CCCCCO)Cc1cccc(Cl)c1. The van der Waals surface area contributed by atoms with Crippen molar-refractivity contribution in [1.29, 1.82) is 0 Å². The van der Waals surface area contributed by atoms with Crippen molar-refractivity contribution in [2.45, 2.75) is 32.1 Å². The van der Waals surface area contributed by atoms with E-state index in [1.165, 1.54) is 0 Å². The highest BCUT2D eigenvalue weighted by molar-refractivity contribution is 6.30. The van der Waals surface area contributed by atoms with Crippen LogP contribution in [0, 0.1) is 5.92 Å². The number of carboxylic acid groups (broad SMARTS) is 1. The fourth-order valence-electron chi connectivity index (χ4n) is 1.94. The van der Waals surface area contributed by atoms with Gasteiger partial charge in [-0.15, -0.1) is 0 Å². The minimum Gasteiger partial charge on any atom is -0.481 e. The Balaban J connectivity index is 2.50. The van der Waals surface area contributed by atoms with E-state index >= 15 is 0 Å². The number of unbranched alkanes of at least 4 members (excludes halogenated alkanes) is 2. The maximum atomic E-state index is 11.2. The standard InChI is InChI=1S/C14H19ClO3/c15-13-7-4-5-11(10-13)9-12(14(17)18)6-2-1-3-8-16/h4-5,7,10,12,16H,1-3,6,8-9H2,(H,17,18). The Morgan fingerprint density at radius 3 is 2.67 bits per heavy atom. The smallest absolute Gasteiger partial charge is 0.306 e. The average molecular weight is 271 g/mol. The van der Waals surface area contributed by atoms with E-state index in [9.17, 15) is 9.90 Å². The van der Waals surface area contributed by atoms with Gasteiger partial charge in [0.1, 0.15) is 0 Å². The predicted molar refractivity (Wildman–Crippen MR) is 71.8 cm³/mol. The van der Waals surface area contributed by atoms with Gasteiger partial charge in [-0.3, -0.25) is 4.79 Å². The van der Waals surface area contributed by atoms with Crippen LogP contribution in [0.5, 0.6) is 0 Å². The second-order valence-electron chi connectivity index (χ2n) is 4.44. The van der Waals surface area contributed by atoms with Crippen LogP contribution in [0.1, 0.15) is 31.2 Å². The normalized spacial score (nSPS) is 12.3. The van der Waals surface area contributed by atoms with Gasteiger partial charge in [-0.2, -0.15) is 0 Å². The number of hydrogen-bond acceptors (Lipinski definition) is 2. The van der Waals surface area contributed by atoms with Gasteiger partial charge in [0.25, 0.3) is 0 Å². The van der Waals surface area contributed by atoms with Crippen molar-refractivity contribution < 1.29 is 15.0 Å². The van der Waals surface area contributed by atoms with Crippen LogP contribution < -0.4 is 0 Å². The van der Waals surface area contributed by atoms with Crippen LogP contribution in [0.15, 0.2) is 24.3 Å². The third-order valence-electron chi connectivity index (χ3n) is 2.93. The van der Waals surface area contributed by atoms with E-state index in [2.05, 4.69) is 0 Å². The van der Waals surface area contributed by atoms with Gasteiger partial charge < -0.3 is 10.2 Å². The van der Waals surface area contributed by atoms with Gasteiger partial charge in [-0.25, -0.2) is 0 Å². The Kier molecular flexibility index (Phi) is 6.76. The molecule has 0 aliphatic heterocycles. The first kappa shape index (κ1) is 15.0. The second kappa shape index (κ2) is 8.11. The van der Waals surface area contributed by atoms with Crippen LogP contribution in [0.2, 0.25) is 5.02 Å². The lowest BCUT2D eigenvalue weighted by Gasteiger charge is -2.12. The van der Waals surface area contributed by atoms with Crippen molar-refractivity contribution in [3.8, 4) is 0 Å². The minimum atomic E-state index is -0.765. The summed E-state index contributed by atoms with van der Waals surface area (Å²) >= 11 is 5.88. The first-order valence-corrected chi connectivity index (χ1v) is 6.59. The van der Waals surface area contributed by atoms with Crippen LogP contribution in [0.4, 0.5) is 0 Å². The molecule has 0 bridgehead atoms. The number of aliphatic hydroxyl groups excluding tert-OH is 1. The van der Waals surface area contributed by atoms with Gasteiger partial charge in [-0.1, -0.05) is 36.6 Å². The molecule has 1 unspecified atom stereocenters. The minimum absolute atomic E-state index is 0.173. The fraction of sp³-hybridized carbons (Fsp3) is 0.500. The van der Waals surface area contributed by atoms with Gasteiger partial charge in [0.15, 0.2) is 0 Å². The van der Waals surface area contributed by atoms with Crippen molar-refractivity contribution in [3.05, 3.63) is 34.9 Å². The highest BCUT2D eigenvalue weighted by Gasteiger charge is 2.17. The lowest BCUT2D eigenvalue weighted by Crippen LogP contribution is -2.16. The molecule has 0 aliphatic carbocycles. The number of halogens is 1. The Labute approximate surface area is 112 Å². The molecule has 0 radical (unpaired) electrons. The molecule has 1 atom stereocenters. The van der Waals surface area contributed by atoms with Crippen molar-refractivity contribution in [2.75, 3.05) is 6.61 Å². The second-order valence-corrected chi connectivity index (χ2v) is 4.88. The van der Waals surface area contributed by atoms with Gasteiger partial charge >= 0.3 is 5.97 Å². The molecule has 0 amide bonds. The van der Waals surface area contributed by atoms with E-state index in [0.717, 1.165) is 24.8 Å². The number of rotatable bonds is 8. The molecule has 0 saturated heterocycles. The first-order valence-electron chi connectivity index (χ1n) is 6.21. The molecule has 0 saturated carbocycles. The Morgan fingerprint density at radius 2 is 2.06 bits per heavy atom. The maximum absolute atomic E-state index is 11.2. The summed E-state index contributed by atoms with van der Waals surface area (Å²) in [6, 6.07) is 7.32. The third kappa shape index (κ3) is 5.52. The van der Waals surface area contributed by atoms with Crippen LogP contribution in [-0.4, -0.2) is 22.8 Å². The lowest BCUT2D eigenvalue weighted by atomic mass is 9.94. The summed E-state index contributed by atoms with van der Waals surface area (Å²) in [7, 11) is 0. The average Bonchev–Trinajstić information content (AvgIpc) is 2.33. The van der Waals surface area contributed by atoms with E-state index in [1.54, 1.807) is 6.07 Å². The number of benzene rings is 1. The van der Waals surface area contributed by atoms with Gasteiger partial charge in [0, 0.05) is 11.6 Å². The third-order valence-corrected chi connectivity index (χ3v) is 3.17. The number of aliphatic hydroxyl groups is 1. The van der Waals surface area contributed by atoms with E-state index in [1.807, 2.05) is 18.2 Å². The molecule has 1 aromatic rings. The molecule has 4 heteroatoms. The molecule has 0 spiro atoms. The summed E-state index contributed by atoms with van der Waals surface area (Å²) in [5.74, 6) is -1.14. The number of hydrogen-bond donors (Lipinski definition) is 2. The molecule has 1 rings (SSSR count). The molecule has 18 heavy (non-hydrogen) atoms. The first-order chi connectivity index (χ1) is 8.63. The summed E-state index contributed by atoms with van der Waals surface area (Å²) in [6.07, 6.45) is 3.59.